The molecule has 0 saturated carbocycles. The van der Waals surface area contributed by atoms with E-state index in [9.17, 15) is 8.42 Å². The average Bonchev–Trinajstić information content (AvgIpc) is 2.46. The zero-order chi connectivity index (χ0) is 14.2. The van der Waals surface area contributed by atoms with Gasteiger partial charge in [0.05, 0.1) is 24.5 Å². The quantitative estimate of drug-likeness (QED) is 0.850. The zero-order valence-corrected chi connectivity index (χ0v) is 12.5. The van der Waals surface area contributed by atoms with E-state index in [4.69, 9.17) is 4.74 Å². The van der Waals surface area contributed by atoms with Gasteiger partial charge in [-0.25, -0.2) is 8.42 Å². The summed E-state index contributed by atoms with van der Waals surface area (Å²) in [5.74, 6) is 1.01. The molecule has 0 radical (unpaired) electrons. The van der Waals surface area contributed by atoms with Gasteiger partial charge in [0.1, 0.15) is 18.0 Å². The molecule has 1 aromatic rings. The third kappa shape index (κ3) is 2.22. The van der Waals surface area contributed by atoms with Crippen molar-refractivity contribution < 1.29 is 13.2 Å². The molecule has 20 heavy (non-hydrogen) atoms. The van der Waals surface area contributed by atoms with Crippen LogP contribution in [0.5, 0.6) is 5.75 Å². The molecule has 0 aromatic heterocycles. The van der Waals surface area contributed by atoms with Crippen LogP contribution in [0, 0.1) is 0 Å². The highest BCUT2D eigenvalue weighted by Gasteiger charge is 2.33. The molecule has 3 rings (SSSR count). The lowest BCUT2D eigenvalue weighted by Crippen LogP contribution is -2.47. The van der Waals surface area contributed by atoms with Crippen molar-refractivity contribution in [2.75, 3.05) is 41.2 Å². The monoisotopic (exact) mass is 296 g/mol. The third-order valence-electron chi connectivity index (χ3n) is 3.85. The van der Waals surface area contributed by atoms with Crippen molar-refractivity contribution in [1.82, 2.24) is 0 Å². The molecule has 2 aliphatic rings. The lowest BCUT2D eigenvalue weighted by molar-refractivity contribution is 0.307. The maximum absolute atomic E-state index is 12.5. The summed E-state index contributed by atoms with van der Waals surface area (Å²) in [6.45, 7) is 4.76. The molecule has 0 aliphatic carbocycles. The minimum Gasteiger partial charge on any atom is -0.489 e. The van der Waals surface area contributed by atoms with Crippen LogP contribution in [0.25, 0.3) is 0 Å². The van der Waals surface area contributed by atoms with E-state index in [2.05, 4.69) is 4.90 Å². The second kappa shape index (κ2) is 5.16. The van der Waals surface area contributed by atoms with Crippen LogP contribution in [0.2, 0.25) is 0 Å². The van der Waals surface area contributed by atoms with Gasteiger partial charge >= 0.3 is 0 Å². The molecule has 0 atom stereocenters. The number of ether oxygens (including phenoxy) is 1. The molecule has 0 amide bonds. The van der Waals surface area contributed by atoms with Crippen LogP contribution >= 0.6 is 0 Å². The Hall–Kier alpha value is -1.43. The Bertz CT molecular complexity index is 600. The third-order valence-corrected chi connectivity index (χ3v) is 5.70. The number of hydrogen-bond donors (Lipinski definition) is 0. The van der Waals surface area contributed by atoms with Gasteiger partial charge in [-0.3, -0.25) is 4.31 Å². The summed E-state index contributed by atoms with van der Waals surface area (Å²) in [6.07, 6.45) is 1.59. The molecule has 5 nitrogen and oxygen atoms in total. The summed E-state index contributed by atoms with van der Waals surface area (Å²) in [5, 5.41) is 0. The van der Waals surface area contributed by atoms with E-state index in [1.54, 1.807) is 4.31 Å². The van der Waals surface area contributed by atoms with E-state index in [1.807, 2.05) is 25.1 Å². The normalized spacial score (nSPS) is 17.6. The molecule has 0 N–H and O–H groups in total. The molecule has 0 fully saturated rings. The van der Waals surface area contributed by atoms with Gasteiger partial charge in [0, 0.05) is 6.54 Å². The van der Waals surface area contributed by atoms with E-state index < -0.39 is 10.0 Å². The van der Waals surface area contributed by atoms with Crippen molar-refractivity contribution in [3.05, 3.63) is 18.2 Å². The molecule has 2 aliphatic heterocycles. The maximum atomic E-state index is 12.5. The molecule has 0 bridgehead atoms. The Morgan fingerprint density at radius 2 is 2.10 bits per heavy atom. The zero-order valence-electron chi connectivity index (χ0n) is 11.7. The topological polar surface area (TPSA) is 49.9 Å². The summed E-state index contributed by atoms with van der Waals surface area (Å²) in [5.41, 5.74) is 1.70. The molecule has 0 unspecified atom stereocenters. The summed E-state index contributed by atoms with van der Waals surface area (Å²) >= 11 is 0. The van der Waals surface area contributed by atoms with Crippen LogP contribution < -0.4 is 13.9 Å². The van der Waals surface area contributed by atoms with Crippen molar-refractivity contribution >= 4 is 21.4 Å². The van der Waals surface area contributed by atoms with Crippen LogP contribution in [-0.4, -0.2) is 40.4 Å². The highest BCUT2D eigenvalue weighted by Crippen LogP contribution is 2.43. The second-order valence-electron chi connectivity index (χ2n) is 5.20. The fourth-order valence-electron chi connectivity index (χ4n) is 2.81. The predicted octanol–water partition coefficient (Wildman–Crippen LogP) is 1.84. The Labute approximate surface area is 120 Å². The number of hydrogen-bond acceptors (Lipinski definition) is 4. The number of unbranched alkanes of at least 4 members (excludes halogenated alkanes) is 1. The van der Waals surface area contributed by atoms with E-state index in [-0.39, 0.29) is 5.75 Å². The lowest BCUT2D eigenvalue weighted by Gasteiger charge is -2.41. The van der Waals surface area contributed by atoms with Gasteiger partial charge in [0.15, 0.2) is 0 Å². The fraction of sp³-hybridized carbons (Fsp3) is 0.571. The molecule has 110 valence electrons. The van der Waals surface area contributed by atoms with E-state index in [0.717, 1.165) is 36.6 Å². The number of anilines is 2. The molecule has 1 aromatic carbocycles. The van der Waals surface area contributed by atoms with Crippen molar-refractivity contribution in [1.29, 1.82) is 0 Å². The van der Waals surface area contributed by atoms with Crippen molar-refractivity contribution in [3.8, 4) is 5.75 Å². The Balaban J connectivity index is 2.00. The molecular weight excluding hydrogens is 276 g/mol. The van der Waals surface area contributed by atoms with Crippen LogP contribution in [0.15, 0.2) is 18.2 Å². The minimum atomic E-state index is -3.23. The van der Waals surface area contributed by atoms with Gasteiger partial charge in [0.25, 0.3) is 0 Å². The minimum absolute atomic E-state index is 0.216. The largest absolute Gasteiger partial charge is 0.489 e. The SMILES string of the molecule is CCCCS(=O)(=O)N1CCN2CCOc3cccc1c32. The molecule has 0 spiro atoms. The maximum Gasteiger partial charge on any atom is 0.235 e. The standard InChI is InChI=1S/C14H20N2O3S/c1-2-3-11-20(17,18)16-8-7-15-9-10-19-13-6-4-5-12(16)14(13)15/h4-6H,2-3,7-11H2,1H3. The molecular formula is C14H20N2O3S. The van der Waals surface area contributed by atoms with Crippen LogP contribution in [0.4, 0.5) is 11.4 Å². The summed E-state index contributed by atoms with van der Waals surface area (Å²) in [7, 11) is -3.23. The Morgan fingerprint density at radius 3 is 2.90 bits per heavy atom. The smallest absolute Gasteiger partial charge is 0.235 e. The Kier molecular flexibility index (Phi) is 3.50. The molecule has 0 saturated heterocycles. The Morgan fingerprint density at radius 1 is 1.25 bits per heavy atom. The first-order valence-corrected chi connectivity index (χ1v) is 8.75. The van der Waals surface area contributed by atoms with E-state index >= 15 is 0 Å². The van der Waals surface area contributed by atoms with E-state index in [1.165, 1.54) is 0 Å². The van der Waals surface area contributed by atoms with Crippen molar-refractivity contribution in [3.63, 3.8) is 0 Å². The van der Waals surface area contributed by atoms with Crippen LogP contribution in [0.1, 0.15) is 19.8 Å². The number of sulfonamides is 1. The average molecular weight is 296 g/mol. The van der Waals surface area contributed by atoms with Crippen LogP contribution in [-0.2, 0) is 10.0 Å². The lowest BCUT2D eigenvalue weighted by atomic mass is 10.1. The fourth-order valence-corrected chi connectivity index (χ4v) is 4.49. The van der Waals surface area contributed by atoms with E-state index in [0.29, 0.717) is 19.6 Å². The number of benzene rings is 1. The van der Waals surface area contributed by atoms with Crippen molar-refractivity contribution in [2.24, 2.45) is 0 Å². The van der Waals surface area contributed by atoms with Gasteiger partial charge in [-0.05, 0) is 18.6 Å². The summed E-state index contributed by atoms with van der Waals surface area (Å²) in [4.78, 5) is 2.22. The van der Waals surface area contributed by atoms with Gasteiger partial charge in [-0.15, -0.1) is 0 Å². The molecule has 2 heterocycles. The number of para-hydroxylation sites is 1. The van der Waals surface area contributed by atoms with Crippen molar-refractivity contribution in [2.45, 2.75) is 19.8 Å². The highest BCUT2D eigenvalue weighted by atomic mass is 32.2. The van der Waals surface area contributed by atoms with Crippen LogP contribution in [0.3, 0.4) is 0 Å². The van der Waals surface area contributed by atoms with Gasteiger partial charge in [0.2, 0.25) is 10.0 Å². The first-order valence-electron chi connectivity index (χ1n) is 7.14. The predicted molar refractivity (Wildman–Crippen MR) is 80.2 cm³/mol. The number of rotatable bonds is 4. The summed E-state index contributed by atoms with van der Waals surface area (Å²) < 4.78 is 32.2. The summed E-state index contributed by atoms with van der Waals surface area (Å²) in [6, 6.07) is 5.65. The van der Waals surface area contributed by atoms with Gasteiger partial charge in [-0.1, -0.05) is 19.4 Å². The van der Waals surface area contributed by atoms with Gasteiger partial charge < -0.3 is 9.64 Å². The first kappa shape index (κ1) is 13.5. The number of nitrogens with zero attached hydrogens (tertiary/aromatic N) is 2. The molecule has 6 heteroatoms. The first-order chi connectivity index (χ1) is 9.63. The van der Waals surface area contributed by atoms with Gasteiger partial charge in [-0.2, -0.15) is 0 Å². The highest BCUT2D eigenvalue weighted by molar-refractivity contribution is 7.92. The second-order valence-corrected chi connectivity index (χ2v) is 7.21.